The van der Waals surface area contributed by atoms with Crippen molar-refractivity contribution in [3.8, 4) is 5.75 Å². The molecule has 0 aromatic heterocycles. The highest BCUT2D eigenvalue weighted by Gasteiger charge is 2.68. The van der Waals surface area contributed by atoms with Gasteiger partial charge in [-0.3, -0.25) is 19.3 Å². The van der Waals surface area contributed by atoms with E-state index in [1.54, 1.807) is 24.3 Å². The van der Waals surface area contributed by atoms with E-state index < -0.39 is 30.5 Å². The average molecular weight is 486 g/mol. The number of carbonyl (C=O) groups excluding carboxylic acids is 4. The number of benzene rings is 2. The van der Waals surface area contributed by atoms with E-state index in [0.29, 0.717) is 23.1 Å². The fourth-order valence-electron chi connectivity index (χ4n) is 6.50. The van der Waals surface area contributed by atoms with Crippen molar-refractivity contribution in [2.45, 2.75) is 18.9 Å². The number of rotatable bonds is 8. The summed E-state index contributed by atoms with van der Waals surface area (Å²) in [6.07, 6.45) is 5.42. The maximum atomic E-state index is 13.6. The number of amides is 2. The maximum absolute atomic E-state index is 13.6. The molecule has 3 fully saturated rings. The van der Waals surface area contributed by atoms with Gasteiger partial charge < -0.3 is 9.47 Å². The number of allylic oxidation sites excluding steroid dienone is 2. The van der Waals surface area contributed by atoms with E-state index in [4.69, 9.17) is 9.47 Å². The minimum atomic E-state index is -1.11. The molecule has 36 heavy (non-hydrogen) atoms. The fraction of sp³-hybridized carbons (Fsp3) is 0.379. The van der Waals surface area contributed by atoms with Crippen molar-refractivity contribution in [2.24, 2.45) is 35.5 Å². The van der Waals surface area contributed by atoms with Crippen LogP contribution >= 0.6 is 0 Å². The number of ketones is 1. The highest BCUT2D eigenvalue weighted by molar-refractivity contribution is 6.09. The van der Waals surface area contributed by atoms with Crippen molar-refractivity contribution in [3.63, 3.8) is 0 Å². The van der Waals surface area contributed by atoms with E-state index in [1.807, 2.05) is 30.3 Å². The second kappa shape index (κ2) is 8.73. The topological polar surface area (TPSA) is 90.0 Å². The monoisotopic (exact) mass is 485 g/mol. The Bertz CT molecular complexity index is 1220. The zero-order valence-corrected chi connectivity index (χ0v) is 19.9. The van der Waals surface area contributed by atoms with Gasteiger partial charge in [0.15, 0.2) is 12.4 Å². The summed E-state index contributed by atoms with van der Waals surface area (Å²) >= 11 is 0. The first-order valence-electron chi connectivity index (χ1n) is 12.4. The summed E-state index contributed by atoms with van der Waals surface area (Å²) in [5.74, 6) is -0.798. The quantitative estimate of drug-likeness (QED) is 0.247. The van der Waals surface area contributed by atoms with Gasteiger partial charge in [-0.2, -0.15) is 0 Å². The Morgan fingerprint density at radius 3 is 2.11 bits per heavy atom. The normalized spacial score (nSPS) is 30.0. The molecular weight excluding hydrogens is 458 g/mol. The summed E-state index contributed by atoms with van der Waals surface area (Å²) in [5.41, 5.74) is 1.18. The van der Waals surface area contributed by atoms with Gasteiger partial charge in [0, 0.05) is 12.0 Å². The minimum Gasteiger partial charge on any atom is -0.497 e. The molecule has 2 aromatic rings. The van der Waals surface area contributed by atoms with Crippen molar-refractivity contribution < 1.29 is 28.7 Å². The molecule has 2 amide bonds. The molecular formula is C29H27NO6. The highest BCUT2D eigenvalue weighted by Crippen LogP contribution is 2.65. The largest absolute Gasteiger partial charge is 0.497 e. The van der Waals surface area contributed by atoms with Crippen LogP contribution in [0.25, 0.3) is 0 Å². The first-order valence-corrected chi connectivity index (χ1v) is 12.4. The first-order chi connectivity index (χ1) is 17.5. The molecule has 5 aliphatic rings. The van der Waals surface area contributed by atoms with Crippen molar-refractivity contribution in [1.29, 1.82) is 0 Å². The van der Waals surface area contributed by atoms with Crippen molar-refractivity contribution in [3.05, 3.63) is 77.9 Å². The number of Topliss-reactive ketones (excluding diaryl/α,β-unsaturated/α-hetero) is 1. The van der Waals surface area contributed by atoms with Crippen LogP contribution in [0.1, 0.15) is 22.3 Å². The van der Waals surface area contributed by atoms with Crippen LogP contribution in [0.4, 0.5) is 0 Å². The number of likely N-dealkylation sites (tertiary alicyclic amines) is 1. The SMILES string of the molecule is COc1ccc(C(=O)COC(=O)[C@H](Cc2ccccc2)N2C(=O)[C@@H]3[C@H]4C=C[C@@H]([C@@H]5C[C@H]45)[C@H]3C2=O)cc1. The molecule has 0 radical (unpaired) electrons. The Balaban J connectivity index is 1.23. The molecule has 4 aliphatic carbocycles. The molecule has 1 aliphatic heterocycles. The number of esters is 1. The van der Waals surface area contributed by atoms with Gasteiger partial charge in [0.1, 0.15) is 11.8 Å². The molecule has 184 valence electrons. The Morgan fingerprint density at radius 2 is 1.53 bits per heavy atom. The number of ether oxygens (including phenoxy) is 2. The van der Waals surface area contributed by atoms with Gasteiger partial charge in [-0.05, 0) is 59.9 Å². The summed E-state index contributed by atoms with van der Waals surface area (Å²) in [6.45, 7) is -0.476. The van der Waals surface area contributed by atoms with Gasteiger partial charge in [0.2, 0.25) is 11.8 Å². The Morgan fingerprint density at radius 1 is 0.917 bits per heavy atom. The third kappa shape index (κ3) is 3.65. The first kappa shape index (κ1) is 22.7. The predicted octanol–water partition coefficient (Wildman–Crippen LogP) is 3.09. The number of hydrogen-bond acceptors (Lipinski definition) is 6. The number of hydrogen-bond donors (Lipinski definition) is 0. The summed E-state index contributed by atoms with van der Waals surface area (Å²) in [5, 5.41) is 0. The van der Waals surface area contributed by atoms with E-state index in [-0.39, 0.29) is 35.9 Å². The molecule has 2 aromatic carbocycles. The molecule has 7 rings (SSSR count). The molecule has 7 atom stereocenters. The smallest absolute Gasteiger partial charge is 0.330 e. The van der Waals surface area contributed by atoms with Crippen LogP contribution in [0.15, 0.2) is 66.7 Å². The third-order valence-electron chi connectivity index (χ3n) is 8.31. The molecule has 1 saturated heterocycles. The Hall–Kier alpha value is -3.74. The fourth-order valence-corrected chi connectivity index (χ4v) is 6.50. The summed E-state index contributed by atoms with van der Waals surface area (Å²) in [7, 11) is 1.53. The van der Waals surface area contributed by atoms with E-state index in [9.17, 15) is 19.2 Å². The highest BCUT2D eigenvalue weighted by atomic mass is 16.5. The zero-order chi connectivity index (χ0) is 25.0. The molecule has 0 unspecified atom stereocenters. The van der Waals surface area contributed by atoms with E-state index in [2.05, 4.69) is 12.2 Å². The van der Waals surface area contributed by atoms with Gasteiger partial charge in [0.25, 0.3) is 0 Å². The van der Waals surface area contributed by atoms with Gasteiger partial charge in [-0.25, -0.2) is 4.79 Å². The van der Waals surface area contributed by atoms with Gasteiger partial charge in [-0.15, -0.1) is 0 Å². The lowest BCUT2D eigenvalue weighted by molar-refractivity contribution is -0.158. The van der Waals surface area contributed by atoms with Crippen LogP contribution in [0.3, 0.4) is 0 Å². The van der Waals surface area contributed by atoms with Gasteiger partial charge in [-0.1, -0.05) is 42.5 Å². The second-order valence-corrected chi connectivity index (χ2v) is 10.2. The lowest BCUT2D eigenvalue weighted by Gasteiger charge is -2.37. The van der Waals surface area contributed by atoms with Crippen LogP contribution < -0.4 is 4.74 Å². The molecule has 2 bridgehead atoms. The van der Waals surface area contributed by atoms with E-state index >= 15 is 0 Å². The van der Waals surface area contributed by atoms with Crippen LogP contribution in [-0.4, -0.2) is 48.2 Å². The summed E-state index contributed by atoms with van der Waals surface area (Å²) in [6, 6.07) is 14.6. The van der Waals surface area contributed by atoms with Gasteiger partial charge in [0.05, 0.1) is 18.9 Å². The molecule has 7 heteroatoms. The number of imide groups is 1. The molecule has 0 N–H and O–H groups in total. The Labute approximate surface area is 209 Å². The van der Waals surface area contributed by atoms with Crippen molar-refractivity contribution in [1.82, 2.24) is 4.90 Å². The zero-order valence-electron chi connectivity index (χ0n) is 19.9. The summed E-state index contributed by atoms with van der Waals surface area (Å²) < 4.78 is 10.5. The van der Waals surface area contributed by atoms with E-state index in [0.717, 1.165) is 16.9 Å². The summed E-state index contributed by atoms with van der Waals surface area (Å²) in [4.78, 5) is 54.5. The van der Waals surface area contributed by atoms with Crippen LogP contribution in [-0.2, 0) is 25.5 Å². The lowest BCUT2D eigenvalue weighted by Crippen LogP contribution is -2.48. The number of carbonyl (C=O) groups is 4. The molecule has 2 saturated carbocycles. The number of nitrogens with zero attached hydrogens (tertiary/aromatic N) is 1. The van der Waals surface area contributed by atoms with Crippen LogP contribution in [0.5, 0.6) is 5.75 Å². The standard InChI is InChI=1S/C29H27NO6/c1-35-18-9-7-17(8-10-18)24(31)15-36-29(34)23(13-16-5-3-2-4-6-16)30-27(32)25-19-11-12-20(22-14-21(19)22)26(25)28(30)33/h2-12,19-23,25-26H,13-15H2,1H3/t19-,20-,21-,22+,23-,25+,26+/m0/s1. The Kier molecular flexibility index (Phi) is 5.51. The van der Waals surface area contributed by atoms with Crippen LogP contribution in [0.2, 0.25) is 0 Å². The molecule has 7 nitrogen and oxygen atoms in total. The lowest BCUT2D eigenvalue weighted by atomic mass is 9.63. The predicted molar refractivity (Wildman–Crippen MR) is 129 cm³/mol. The second-order valence-electron chi connectivity index (χ2n) is 10.2. The number of methoxy groups -OCH3 is 1. The third-order valence-corrected chi connectivity index (χ3v) is 8.31. The molecule has 0 spiro atoms. The van der Waals surface area contributed by atoms with Crippen molar-refractivity contribution in [2.75, 3.05) is 13.7 Å². The van der Waals surface area contributed by atoms with E-state index in [1.165, 1.54) is 7.11 Å². The van der Waals surface area contributed by atoms with Gasteiger partial charge >= 0.3 is 5.97 Å². The van der Waals surface area contributed by atoms with Crippen LogP contribution in [0, 0.1) is 35.5 Å². The average Bonchev–Trinajstić information content (AvgIpc) is 3.70. The maximum Gasteiger partial charge on any atom is 0.330 e. The van der Waals surface area contributed by atoms with Crippen molar-refractivity contribution >= 4 is 23.6 Å². The molecule has 1 heterocycles. The minimum absolute atomic E-state index is 0.0662.